The molecule has 1 aliphatic heterocycles. The van der Waals surface area contributed by atoms with Gasteiger partial charge in [-0.05, 0) is 43.2 Å². The highest BCUT2D eigenvalue weighted by molar-refractivity contribution is 8.00. The third-order valence-electron chi connectivity index (χ3n) is 3.55. The largest absolute Gasteiger partial charge is 0.381 e. The first-order valence-electron chi connectivity index (χ1n) is 6.37. The van der Waals surface area contributed by atoms with Gasteiger partial charge in [0, 0.05) is 22.5 Å². The van der Waals surface area contributed by atoms with Crippen LogP contribution in [0.5, 0.6) is 0 Å². The molecule has 0 spiro atoms. The van der Waals surface area contributed by atoms with E-state index in [1.807, 2.05) is 30.8 Å². The third-order valence-corrected chi connectivity index (χ3v) is 4.93. The topological polar surface area (TPSA) is 55.1 Å². The van der Waals surface area contributed by atoms with Crippen LogP contribution in [-0.2, 0) is 0 Å². The summed E-state index contributed by atoms with van der Waals surface area (Å²) < 4.78 is 0. The molecule has 98 valence electrons. The van der Waals surface area contributed by atoms with E-state index in [9.17, 15) is 4.79 Å². The highest BCUT2D eigenvalue weighted by atomic mass is 32.2. The highest BCUT2D eigenvalue weighted by Gasteiger charge is 2.22. The Labute approximate surface area is 113 Å². The Kier molecular flexibility index (Phi) is 4.17. The van der Waals surface area contributed by atoms with Gasteiger partial charge in [0.1, 0.15) is 0 Å². The van der Waals surface area contributed by atoms with Gasteiger partial charge < -0.3 is 11.1 Å². The number of hydrogen-bond acceptors (Lipinski definition) is 3. The predicted octanol–water partition coefficient (Wildman–Crippen LogP) is 2.79. The zero-order valence-corrected chi connectivity index (χ0v) is 11.7. The molecule has 1 heterocycles. The fraction of sp³-hybridized carbons (Fsp3) is 0.500. The van der Waals surface area contributed by atoms with Crippen molar-refractivity contribution in [3.8, 4) is 0 Å². The molecule has 0 bridgehead atoms. The second-order valence-corrected chi connectivity index (χ2v) is 6.30. The minimum Gasteiger partial charge on any atom is -0.381 e. The summed E-state index contributed by atoms with van der Waals surface area (Å²) in [7, 11) is 0. The van der Waals surface area contributed by atoms with Crippen molar-refractivity contribution in [1.82, 2.24) is 0 Å². The normalized spacial score (nSPS) is 23.7. The Morgan fingerprint density at radius 2 is 2.28 bits per heavy atom. The molecular weight excluding hydrogens is 244 g/mol. The number of nitrogens with two attached hydrogens (primary N) is 1. The number of anilines is 1. The molecule has 0 saturated carbocycles. The van der Waals surface area contributed by atoms with Crippen molar-refractivity contribution in [2.24, 2.45) is 5.73 Å². The van der Waals surface area contributed by atoms with Crippen LogP contribution in [0.3, 0.4) is 0 Å². The van der Waals surface area contributed by atoms with Gasteiger partial charge in [-0.15, -0.1) is 0 Å². The Hall–Kier alpha value is -1.16. The van der Waals surface area contributed by atoms with Crippen molar-refractivity contribution in [1.29, 1.82) is 0 Å². The summed E-state index contributed by atoms with van der Waals surface area (Å²) >= 11 is 2.01. The molecule has 1 aromatic carbocycles. The molecule has 1 saturated heterocycles. The summed E-state index contributed by atoms with van der Waals surface area (Å²) in [5.74, 6) is 0.891. The van der Waals surface area contributed by atoms with Crippen LogP contribution in [0.2, 0.25) is 0 Å². The number of carbonyl (C=O) groups is 1. The molecule has 1 aromatic rings. The summed E-state index contributed by atoms with van der Waals surface area (Å²) in [4.78, 5) is 11.3. The SMILES string of the molecule is Cc1c(NC2CCCSC2C)cccc1C(N)=O. The van der Waals surface area contributed by atoms with E-state index < -0.39 is 0 Å². The van der Waals surface area contributed by atoms with Crippen LogP contribution in [-0.4, -0.2) is 23.0 Å². The van der Waals surface area contributed by atoms with Crippen molar-refractivity contribution >= 4 is 23.4 Å². The van der Waals surface area contributed by atoms with E-state index in [0.717, 1.165) is 11.3 Å². The monoisotopic (exact) mass is 264 g/mol. The lowest BCUT2D eigenvalue weighted by molar-refractivity contribution is 0.1000. The maximum Gasteiger partial charge on any atom is 0.249 e. The summed E-state index contributed by atoms with van der Waals surface area (Å²) in [6.07, 6.45) is 2.44. The Balaban J connectivity index is 2.18. The second kappa shape index (κ2) is 5.65. The Morgan fingerprint density at radius 3 is 2.94 bits per heavy atom. The van der Waals surface area contributed by atoms with E-state index in [1.165, 1.54) is 18.6 Å². The first kappa shape index (κ1) is 13.3. The molecule has 4 heteroatoms. The van der Waals surface area contributed by atoms with E-state index in [2.05, 4.69) is 12.2 Å². The molecule has 1 amide bonds. The molecule has 0 radical (unpaired) electrons. The first-order valence-corrected chi connectivity index (χ1v) is 7.42. The van der Waals surface area contributed by atoms with Crippen molar-refractivity contribution < 1.29 is 4.79 Å². The molecule has 3 nitrogen and oxygen atoms in total. The number of thioether (sulfide) groups is 1. The van der Waals surface area contributed by atoms with Crippen LogP contribution in [0, 0.1) is 6.92 Å². The van der Waals surface area contributed by atoms with E-state index in [0.29, 0.717) is 16.9 Å². The van der Waals surface area contributed by atoms with Gasteiger partial charge in [-0.1, -0.05) is 13.0 Å². The molecular formula is C14H20N2OS. The van der Waals surface area contributed by atoms with E-state index >= 15 is 0 Å². The van der Waals surface area contributed by atoms with E-state index in [1.54, 1.807) is 6.07 Å². The number of amides is 1. The van der Waals surface area contributed by atoms with E-state index in [4.69, 9.17) is 5.73 Å². The molecule has 0 aliphatic carbocycles. The van der Waals surface area contributed by atoms with Crippen LogP contribution in [0.4, 0.5) is 5.69 Å². The quantitative estimate of drug-likeness (QED) is 0.882. The lowest BCUT2D eigenvalue weighted by atomic mass is 10.0. The average molecular weight is 264 g/mol. The summed E-state index contributed by atoms with van der Waals surface area (Å²) in [5, 5.41) is 4.17. The van der Waals surface area contributed by atoms with Gasteiger partial charge in [-0.3, -0.25) is 4.79 Å². The molecule has 2 rings (SSSR count). The van der Waals surface area contributed by atoms with Crippen LogP contribution in [0.15, 0.2) is 18.2 Å². The fourth-order valence-electron chi connectivity index (χ4n) is 2.37. The van der Waals surface area contributed by atoms with E-state index in [-0.39, 0.29) is 5.91 Å². The third kappa shape index (κ3) is 2.80. The predicted molar refractivity (Wildman–Crippen MR) is 78.3 cm³/mol. The van der Waals surface area contributed by atoms with Gasteiger partial charge in [0.25, 0.3) is 0 Å². The van der Waals surface area contributed by atoms with Gasteiger partial charge in [0.05, 0.1) is 0 Å². The van der Waals surface area contributed by atoms with Crippen LogP contribution < -0.4 is 11.1 Å². The standard InChI is InChI=1S/C14H20N2OS/c1-9-11(14(15)17)5-3-6-12(9)16-13-7-4-8-18-10(13)2/h3,5-6,10,13,16H,4,7-8H2,1-2H3,(H2,15,17). The molecule has 1 aliphatic rings. The highest BCUT2D eigenvalue weighted by Crippen LogP contribution is 2.29. The van der Waals surface area contributed by atoms with Gasteiger partial charge in [-0.2, -0.15) is 11.8 Å². The molecule has 3 N–H and O–H groups in total. The lowest BCUT2D eigenvalue weighted by Gasteiger charge is -2.30. The maximum absolute atomic E-state index is 11.3. The smallest absolute Gasteiger partial charge is 0.249 e. The van der Waals surface area contributed by atoms with Crippen LogP contribution >= 0.6 is 11.8 Å². The van der Waals surface area contributed by atoms with Crippen molar-refractivity contribution in [3.05, 3.63) is 29.3 Å². The Morgan fingerprint density at radius 1 is 1.50 bits per heavy atom. The minimum absolute atomic E-state index is 0.359. The molecule has 1 fully saturated rings. The van der Waals surface area contributed by atoms with Gasteiger partial charge in [0.2, 0.25) is 5.91 Å². The van der Waals surface area contributed by atoms with Crippen molar-refractivity contribution in [2.45, 2.75) is 38.0 Å². The summed E-state index contributed by atoms with van der Waals surface area (Å²) in [6, 6.07) is 6.16. The second-order valence-electron chi connectivity index (χ2n) is 4.81. The zero-order chi connectivity index (χ0) is 13.1. The van der Waals surface area contributed by atoms with Gasteiger partial charge in [-0.25, -0.2) is 0 Å². The fourth-order valence-corrected chi connectivity index (χ4v) is 3.51. The number of primary amides is 1. The average Bonchev–Trinajstić information content (AvgIpc) is 2.34. The Bertz CT molecular complexity index is 447. The van der Waals surface area contributed by atoms with Crippen molar-refractivity contribution in [3.63, 3.8) is 0 Å². The molecule has 2 atom stereocenters. The minimum atomic E-state index is -0.359. The maximum atomic E-state index is 11.3. The van der Waals surface area contributed by atoms with Crippen LogP contribution in [0.1, 0.15) is 35.7 Å². The summed E-state index contributed by atoms with van der Waals surface area (Å²) in [6.45, 7) is 4.21. The van der Waals surface area contributed by atoms with Crippen molar-refractivity contribution in [2.75, 3.05) is 11.1 Å². The van der Waals surface area contributed by atoms with Crippen LogP contribution in [0.25, 0.3) is 0 Å². The number of benzene rings is 1. The van der Waals surface area contributed by atoms with Gasteiger partial charge >= 0.3 is 0 Å². The molecule has 2 unspecified atom stereocenters. The first-order chi connectivity index (χ1) is 8.59. The number of carbonyl (C=O) groups excluding carboxylic acids is 1. The number of rotatable bonds is 3. The summed E-state index contributed by atoms with van der Waals surface area (Å²) in [5.41, 5.74) is 7.97. The molecule has 0 aromatic heterocycles. The van der Waals surface area contributed by atoms with Gasteiger partial charge in [0.15, 0.2) is 0 Å². The zero-order valence-electron chi connectivity index (χ0n) is 10.9. The molecule has 18 heavy (non-hydrogen) atoms. The number of hydrogen-bond donors (Lipinski definition) is 2. The lowest BCUT2D eigenvalue weighted by Crippen LogP contribution is -2.33. The number of nitrogens with one attached hydrogen (secondary N) is 1.